The van der Waals surface area contributed by atoms with Gasteiger partial charge < -0.3 is 14.9 Å². The molecule has 2 amide bonds. The standard InChI is InChI=1S/C19H24N2O3/c22-14-16-3-1-11-20(13-16)18(23)10-7-15-5-8-17(9-6-15)21-12-2-4-19(21)24/h5-10,16,22H,1-4,11-14H2/b10-7+. The van der Waals surface area contributed by atoms with Crippen molar-refractivity contribution in [3.63, 3.8) is 0 Å². The molecule has 0 bridgehead atoms. The molecule has 0 saturated carbocycles. The highest BCUT2D eigenvalue weighted by Crippen LogP contribution is 2.22. The lowest BCUT2D eigenvalue weighted by molar-refractivity contribution is -0.128. The molecule has 3 rings (SSSR count). The van der Waals surface area contributed by atoms with Gasteiger partial charge in [0.25, 0.3) is 0 Å². The van der Waals surface area contributed by atoms with Crippen LogP contribution in [0, 0.1) is 5.92 Å². The van der Waals surface area contributed by atoms with E-state index in [-0.39, 0.29) is 24.3 Å². The number of benzene rings is 1. The topological polar surface area (TPSA) is 60.9 Å². The Balaban J connectivity index is 1.60. The second kappa shape index (κ2) is 7.62. The van der Waals surface area contributed by atoms with Gasteiger partial charge in [0.1, 0.15) is 0 Å². The van der Waals surface area contributed by atoms with Crippen molar-refractivity contribution in [1.29, 1.82) is 0 Å². The van der Waals surface area contributed by atoms with Crippen LogP contribution in [-0.2, 0) is 9.59 Å². The van der Waals surface area contributed by atoms with E-state index in [1.165, 1.54) is 0 Å². The van der Waals surface area contributed by atoms with Crippen molar-refractivity contribution in [3.05, 3.63) is 35.9 Å². The Hall–Kier alpha value is -2.14. The molecule has 1 N–H and O–H groups in total. The van der Waals surface area contributed by atoms with Crippen molar-refractivity contribution < 1.29 is 14.7 Å². The van der Waals surface area contributed by atoms with E-state index >= 15 is 0 Å². The minimum Gasteiger partial charge on any atom is -0.396 e. The van der Waals surface area contributed by atoms with E-state index in [2.05, 4.69) is 0 Å². The highest BCUT2D eigenvalue weighted by atomic mass is 16.3. The smallest absolute Gasteiger partial charge is 0.246 e. The molecule has 2 heterocycles. The van der Waals surface area contributed by atoms with Crippen LogP contribution in [0.1, 0.15) is 31.2 Å². The van der Waals surface area contributed by atoms with Crippen molar-refractivity contribution in [3.8, 4) is 0 Å². The number of amides is 2. The normalized spacial score (nSPS) is 21.7. The van der Waals surface area contributed by atoms with Gasteiger partial charge in [0, 0.05) is 44.4 Å². The van der Waals surface area contributed by atoms with Crippen LogP contribution >= 0.6 is 0 Å². The fourth-order valence-corrected chi connectivity index (χ4v) is 3.37. The summed E-state index contributed by atoms with van der Waals surface area (Å²) in [6, 6.07) is 7.71. The van der Waals surface area contributed by atoms with E-state index < -0.39 is 0 Å². The number of piperidine rings is 1. The monoisotopic (exact) mass is 328 g/mol. The van der Waals surface area contributed by atoms with Crippen LogP contribution in [-0.4, -0.2) is 48.1 Å². The Labute approximate surface area is 142 Å². The minimum atomic E-state index is -0.00746. The van der Waals surface area contributed by atoms with Crippen molar-refractivity contribution in [2.75, 3.05) is 31.1 Å². The SMILES string of the molecule is O=C(/C=C/c1ccc(N2CCCC2=O)cc1)N1CCCC(CO)C1. The van der Waals surface area contributed by atoms with Gasteiger partial charge in [-0.3, -0.25) is 9.59 Å². The summed E-state index contributed by atoms with van der Waals surface area (Å²) < 4.78 is 0. The number of hydrogen-bond donors (Lipinski definition) is 1. The number of hydrogen-bond acceptors (Lipinski definition) is 3. The van der Waals surface area contributed by atoms with Crippen LogP contribution in [0.25, 0.3) is 6.08 Å². The van der Waals surface area contributed by atoms with Gasteiger partial charge in [-0.05, 0) is 49.0 Å². The number of carbonyl (C=O) groups is 2. The quantitative estimate of drug-likeness (QED) is 0.861. The molecular weight excluding hydrogens is 304 g/mol. The summed E-state index contributed by atoms with van der Waals surface area (Å²) in [5, 5.41) is 9.25. The Kier molecular flexibility index (Phi) is 5.30. The van der Waals surface area contributed by atoms with Crippen molar-refractivity contribution >= 4 is 23.6 Å². The summed E-state index contributed by atoms with van der Waals surface area (Å²) >= 11 is 0. The minimum absolute atomic E-state index is 0.00746. The number of likely N-dealkylation sites (tertiary alicyclic amines) is 1. The molecule has 128 valence electrons. The maximum absolute atomic E-state index is 12.3. The third-order valence-electron chi connectivity index (χ3n) is 4.79. The lowest BCUT2D eigenvalue weighted by Gasteiger charge is -2.31. The van der Waals surface area contributed by atoms with Crippen LogP contribution in [0.15, 0.2) is 30.3 Å². The summed E-state index contributed by atoms with van der Waals surface area (Å²) in [5.74, 6) is 0.373. The highest BCUT2D eigenvalue weighted by Gasteiger charge is 2.22. The number of anilines is 1. The van der Waals surface area contributed by atoms with Crippen molar-refractivity contribution in [2.24, 2.45) is 5.92 Å². The molecule has 0 aromatic heterocycles. The zero-order chi connectivity index (χ0) is 16.9. The lowest BCUT2D eigenvalue weighted by Crippen LogP contribution is -2.40. The first-order valence-electron chi connectivity index (χ1n) is 8.65. The molecule has 24 heavy (non-hydrogen) atoms. The van der Waals surface area contributed by atoms with Gasteiger partial charge in [0.15, 0.2) is 0 Å². The highest BCUT2D eigenvalue weighted by molar-refractivity contribution is 5.95. The van der Waals surface area contributed by atoms with Gasteiger partial charge >= 0.3 is 0 Å². The maximum Gasteiger partial charge on any atom is 0.246 e. The Morgan fingerprint density at radius 3 is 2.67 bits per heavy atom. The predicted octanol–water partition coefficient (Wildman–Crippen LogP) is 2.06. The molecule has 2 saturated heterocycles. The predicted molar refractivity (Wildman–Crippen MR) is 93.5 cm³/mol. The maximum atomic E-state index is 12.3. The molecule has 0 spiro atoms. The third kappa shape index (κ3) is 3.85. The molecular formula is C19H24N2O3. The molecule has 1 unspecified atom stereocenters. The number of carbonyl (C=O) groups excluding carboxylic acids is 2. The summed E-state index contributed by atoms with van der Waals surface area (Å²) in [5.41, 5.74) is 1.86. The van der Waals surface area contributed by atoms with E-state index in [1.54, 1.807) is 22.0 Å². The first-order chi connectivity index (χ1) is 11.7. The van der Waals surface area contributed by atoms with Crippen LogP contribution in [0.5, 0.6) is 0 Å². The van der Waals surface area contributed by atoms with Gasteiger partial charge in [-0.15, -0.1) is 0 Å². The number of aliphatic hydroxyl groups excluding tert-OH is 1. The summed E-state index contributed by atoms with van der Waals surface area (Å²) in [6.07, 6.45) is 6.88. The van der Waals surface area contributed by atoms with E-state index in [4.69, 9.17) is 0 Å². The Morgan fingerprint density at radius 1 is 1.21 bits per heavy atom. The molecule has 1 aromatic carbocycles. The lowest BCUT2D eigenvalue weighted by atomic mass is 9.99. The van der Waals surface area contributed by atoms with Crippen molar-refractivity contribution in [2.45, 2.75) is 25.7 Å². The van der Waals surface area contributed by atoms with Gasteiger partial charge in [0.05, 0.1) is 0 Å². The molecule has 0 aliphatic carbocycles. The van der Waals surface area contributed by atoms with Crippen molar-refractivity contribution in [1.82, 2.24) is 4.90 Å². The molecule has 5 heteroatoms. The van der Waals surface area contributed by atoms with Crippen LogP contribution in [0.4, 0.5) is 5.69 Å². The van der Waals surface area contributed by atoms with E-state index in [0.29, 0.717) is 13.0 Å². The molecule has 0 radical (unpaired) electrons. The molecule has 2 fully saturated rings. The number of nitrogens with zero attached hydrogens (tertiary/aromatic N) is 2. The van der Waals surface area contributed by atoms with Gasteiger partial charge in [0.2, 0.25) is 11.8 Å². The fourth-order valence-electron chi connectivity index (χ4n) is 3.37. The summed E-state index contributed by atoms with van der Waals surface area (Å²) in [6.45, 7) is 2.32. The first-order valence-corrected chi connectivity index (χ1v) is 8.65. The average Bonchev–Trinajstić information content (AvgIpc) is 3.06. The fraction of sp³-hybridized carbons (Fsp3) is 0.474. The van der Waals surface area contributed by atoms with Gasteiger partial charge in [-0.1, -0.05) is 12.1 Å². The summed E-state index contributed by atoms with van der Waals surface area (Å²) in [4.78, 5) is 27.6. The van der Waals surface area contributed by atoms with E-state index in [0.717, 1.165) is 43.6 Å². The van der Waals surface area contributed by atoms with Crippen LogP contribution in [0.3, 0.4) is 0 Å². The first kappa shape index (κ1) is 16.7. The molecule has 1 atom stereocenters. The Morgan fingerprint density at radius 2 is 2.00 bits per heavy atom. The second-order valence-electron chi connectivity index (χ2n) is 6.55. The number of rotatable bonds is 4. The molecule has 1 aromatic rings. The van der Waals surface area contributed by atoms with Crippen LogP contribution in [0.2, 0.25) is 0 Å². The van der Waals surface area contributed by atoms with Crippen LogP contribution < -0.4 is 4.90 Å². The van der Waals surface area contributed by atoms with Gasteiger partial charge in [-0.25, -0.2) is 0 Å². The van der Waals surface area contributed by atoms with E-state index in [9.17, 15) is 14.7 Å². The molecule has 2 aliphatic rings. The molecule has 5 nitrogen and oxygen atoms in total. The zero-order valence-corrected chi connectivity index (χ0v) is 13.9. The average molecular weight is 328 g/mol. The van der Waals surface area contributed by atoms with Gasteiger partial charge in [-0.2, -0.15) is 0 Å². The Bertz CT molecular complexity index is 624. The number of aliphatic hydroxyl groups is 1. The third-order valence-corrected chi connectivity index (χ3v) is 4.79. The van der Waals surface area contributed by atoms with E-state index in [1.807, 2.05) is 24.3 Å². The largest absolute Gasteiger partial charge is 0.396 e. The zero-order valence-electron chi connectivity index (χ0n) is 13.9. The summed E-state index contributed by atoms with van der Waals surface area (Å²) in [7, 11) is 0. The molecule has 2 aliphatic heterocycles. The second-order valence-corrected chi connectivity index (χ2v) is 6.55.